The van der Waals surface area contributed by atoms with Gasteiger partial charge in [0, 0.05) is 135 Å². The highest BCUT2D eigenvalue weighted by Crippen LogP contribution is 2.17. The fourth-order valence-corrected chi connectivity index (χ4v) is 9.34. The monoisotopic (exact) mass is 971 g/mol. The molecule has 5 heterocycles. The van der Waals surface area contributed by atoms with Crippen LogP contribution >= 0.6 is 0 Å². The van der Waals surface area contributed by atoms with Crippen molar-refractivity contribution in [2.75, 3.05) is 133 Å². The van der Waals surface area contributed by atoms with Crippen molar-refractivity contribution < 1.29 is 44.4 Å². The summed E-state index contributed by atoms with van der Waals surface area (Å²) >= 11 is 0. The number of piperazine rings is 5. The van der Waals surface area contributed by atoms with Gasteiger partial charge in [-0.2, -0.15) is 0 Å². The molecule has 9 atom stereocenters. The van der Waals surface area contributed by atoms with Crippen LogP contribution in [0.4, 0.5) is 0 Å². The zero-order chi connectivity index (χ0) is 52.0. The van der Waals surface area contributed by atoms with Gasteiger partial charge in [0.1, 0.15) is 24.4 Å². The normalized spacial score (nSPS) is 26.2. The maximum atomic E-state index is 11.6. The van der Waals surface area contributed by atoms with Crippen molar-refractivity contribution >= 4 is 29.5 Å². The first kappa shape index (κ1) is 63.0. The van der Waals surface area contributed by atoms with Gasteiger partial charge < -0.3 is 69.4 Å². The Hall–Kier alpha value is -3.01. The molecule has 0 aromatic heterocycles. The minimum atomic E-state index is -0.868. The number of hydrogen-bond donors (Lipinski definition) is 4. The molecule has 5 saturated heterocycles. The Morgan fingerprint density at radius 3 is 0.662 bits per heavy atom. The molecule has 5 rings (SSSR count). The van der Waals surface area contributed by atoms with Crippen molar-refractivity contribution in [2.24, 2.45) is 0 Å². The Kier molecular flexibility index (Phi) is 29.7. The number of likely N-dealkylation sites (N-methyl/N-ethyl adjacent to an activating group) is 5. The highest BCUT2D eigenvalue weighted by atomic mass is 16.3. The van der Waals surface area contributed by atoms with Gasteiger partial charge in [-0.05, 0) is 95.0 Å². The van der Waals surface area contributed by atoms with Gasteiger partial charge in [0.05, 0.1) is 0 Å². The Balaban J connectivity index is 0.000000425. The smallest absolute Gasteiger partial charge is 0.251 e. The Bertz CT molecular complexity index is 1320. The Labute approximate surface area is 411 Å². The molecule has 398 valence electrons. The van der Waals surface area contributed by atoms with Crippen LogP contribution in [0.15, 0.2) is 0 Å². The molecule has 5 amide bonds. The first-order valence-corrected chi connectivity index (χ1v) is 25.5. The van der Waals surface area contributed by atoms with Crippen molar-refractivity contribution in [1.29, 1.82) is 0 Å². The van der Waals surface area contributed by atoms with E-state index in [2.05, 4.69) is 94.4 Å². The molecule has 5 aliphatic heterocycles. The largest absolute Gasteiger partial charge is 0.384 e. The minimum Gasteiger partial charge on any atom is -0.384 e. The Morgan fingerprint density at radius 1 is 0.353 bits per heavy atom. The number of hydrogen-bond acceptors (Lipinski definition) is 14. The van der Waals surface area contributed by atoms with Crippen LogP contribution in [0.5, 0.6) is 0 Å². The third kappa shape index (κ3) is 20.8. The summed E-state index contributed by atoms with van der Waals surface area (Å²) in [4.78, 5) is 78.1. The molecule has 5 fully saturated rings. The van der Waals surface area contributed by atoms with E-state index in [4.69, 9.17) is 0 Å². The van der Waals surface area contributed by atoms with Crippen LogP contribution in [0.2, 0.25) is 0 Å². The standard InChI is InChI=1S/4C10H20N2O2.C9H18N2O/c4*1-4-9-7-11(3)5-6-12(9)10(14)8(2)13;1-4-9-7-10(3)5-6-11(9)8(2)12/h4*8-9,13H,4-7H2,1-3H3;9H,4-7H2,1-3H3/t2*8-,9+;2*8-,9-;9-/m10100/s1. The molecule has 0 aliphatic carbocycles. The number of carbonyl (C=O) groups is 5. The predicted molar refractivity (Wildman–Crippen MR) is 269 cm³/mol. The predicted octanol–water partition coefficient (Wildman–Crippen LogP) is 0.238. The Morgan fingerprint density at radius 2 is 0.515 bits per heavy atom. The average Bonchev–Trinajstić information content (AvgIpc) is 3.30. The molecule has 19 heteroatoms. The van der Waals surface area contributed by atoms with E-state index >= 15 is 0 Å². The second kappa shape index (κ2) is 32.1. The SMILES string of the molecule is CC[C@@H]1CN(C)CCN1C(=O)[C@@H](C)O.CC[C@@H]1CN(C)CCN1C(=O)[C@H](C)O.CC[C@H]1CN(C)CCN1C(=O)[C@@H](C)O.CC[C@H]1CN(C)CCN1C(=O)[C@H](C)O.CC[C@H]1CN(C)CCN1C(C)=O. The van der Waals surface area contributed by atoms with E-state index < -0.39 is 24.4 Å². The van der Waals surface area contributed by atoms with Crippen LogP contribution in [0.25, 0.3) is 0 Å². The second-order valence-corrected chi connectivity index (χ2v) is 19.7. The maximum Gasteiger partial charge on any atom is 0.251 e. The van der Waals surface area contributed by atoms with Crippen LogP contribution in [0.3, 0.4) is 0 Å². The zero-order valence-corrected chi connectivity index (χ0v) is 45.1. The molecule has 0 bridgehead atoms. The van der Waals surface area contributed by atoms with E-state index in [1.165, 1.54) is 27.7 Å². The topological polar surface area (TPSA) is 199 Å². The minimum absolute atomic E-state index is 0.134. The summed E-state index contributed by atoms with van der Waals surface area (Å²) in [6, 6.07) is 1.47. The molecule has 0 aromatic carbocycles. The van der Waals surface area contributed by atoms with E-state index in [1.54, 1.807) is 6.92 Å². The summed E-state index contributed by atoms with van der Waals surface area (Å²) in [5.41, 5.74) is 0. The van der Waals surface area contributed by atoms with Crippen molar-refractivity contribution in [1.82, 2.24) is 49.0 Å². The molecule has 68 heavy (non-hydrogen) atoms. The first-order chi connectivity index (χ1) is 31.9. The fraction of sp³-hybridized carbons (Fsp3) is 0.898. The van der Waals surface area contributed by atoms with E-state index in [0.29, 0.717) is 6.04 Å². The second-order valence-electron chi connectivity index (χ2n) is 19.7. The molecule has 5 aliphatic rings. The molecule has 0 aromatic rings. The first-order valence-electron chi connectivity index (χ1n) is 25.5. The van der Waals surface area contributed by atoms with Crippen molar-refractivity contribution in [3.05, 3.63) is 0 Å². The van der Waals surface area contributed by atoms with Crippen molar-refractivity contribution in [3.8, 4) is 0 Å². The molecule has 19 nitrogen and oxygen atoms in total. The maximum absolute atomic E-state index is 11.6. The highest BCUT2D eigenvalue weighted by molar-refractivity contribution is 5.82. The van der Waals surface area contributed by atoms with Gasteiger partial charge in [-0.25, -0.2) is 0 Å². The fourth-order valence-electron chi connectivity index (χ4n) is 9.34. The number of aliphatic hydroxyl groups excluding tert-OH is 4. The van der Waals surface area contributed by atoms with Gasteiger partial charge in [0.15, 0.2) is 0 Å². The van der Waals surface area contributed by atoms with Gasteiger partial charge in [-0.15, -0.1) is 0 Å². The van der Waals surface area contributed by atoms with Crippen LogP contribution in [0.1, 0.15) is 101 Å². The molecule has 0 saturated carbocycles. The van der Waals surface area contributed by atoms with Gasteiger partial charge in [-0.3, -0.25) is 24.0 Å². The third-order valence-corrected chi connectivity index (χ3v) is 13.8. The average molecular weight is 971 g/mol. The van der Waals surface area contributed by atoms with Crippen LogP contribution in [-0.4, -0.2) is 287 Å². The number of carbonyl (C=O) groups excluding carboxylic acids is 5. The molecule has 4 N–H and O–H groups in total. The number of aliphatic hydroxyl groups is 4. The number of nitrogens with zero attached hydrogens (tertiary/aromatic N) is 10. The lowest BCUT2D eigenvalue weighted by Gasteiger charge is -2.40. The summed E-state index contributed by atoms with van der Waals surface area (Å²) in [6.45, 7) is 31.3. The zero-order valence-electron chi connectivity index (χ0n) is 45.1. The van der Waals surface area contributed by atoms with Gasteiger partial charge >= 0.3 is 0 Å². The van der Waals surface area contributed by atoms with Crippen LogP contribution in [0, 0.1) is 0 Å². The van der Waals surface area contributed by atoms with E-state index in [1.807, 2.05) is 24.5 Å². The molecular formula is C49H98N10O9. The lowest BCUT2D eigenvalue weighted by atomic mass is 10.1. The molecule has 0 spiro atoms. The molecular weight excluding hydrogens is 873 g/mol. The lowest BCUT2D eigenvalue weighted by Crippen LogP contribution is -2.55. The van der Waals surface area contributed by atoms with Crippen molar-refractivity contribution in [2.45, 2.75) is 156 Å². The van der Waals surface area contributed by atoms with E-state index in [0.717, 1.165) is 130 Å². The van der Waals surface area contributed by atoms with Crippen molar-refractivity contribution in [3.63, 3.8) is 0 Å². The van der Waals surface area contributed by atoms with E-state index in [9.17, 15) is 44.4 Å². The molecule has 0 radical (unpaired) electrons. The van der Waals surface area contributed by atoms with E-state index in [-0.39, 0.29) is 53.7 Å². The quantitative estimate of drug-likeness (QED) is 0.245. The summed E-state index contributed by atoms with van der Waals surface area (Å²) in [5.74, 6) is -0.320. The number of rotatable bonds is 9. The van der Waals surface area contributed by atoms with Crippen LogP contribution in [-0.2, 0) is 24.0 Å². The molecule has 0 unspecified atom stereocenters. The summed E-state index contributed by atoms with van der Waals surface area (Å²) < 4.78 is 0. The highest BCUT2D eigenvalue weighted by Gasteiger charge is 2.33. The lowest BCUT2D eigenvalue weighted by molar-refractivity contribution is -0.144. The van der Waals surface area contributed by atoms with Gasteiger partial charge in [0.25, 0.3) is 23.6 Å². The van der Waals surface area contributed by atoms with Crippen LogP contribution < -0.4 is 0 Å². The summed E-state index contributed by atoms with van der Waals surface area (Å²) in [5, 5.41) is 37.0. The number of amides is 5. The third-order valence-electron chi connectivity index (χ3n) is 13.8. The summed E-state index contributed by atoms with van der Waals surface area (Å²) in [6.07, 6.45) is 1.38. The van der Waals surface area contributed by atoms with Gasteiger partial charge in [0.2, 0.25) is 5.91 Å². The summed E-state index contributed by atoms with van der Waals surface area (Å²) in [7, 11) is 10.4. The van der Waals surface area contributed by atoms with Gasteiger partial charge in [-0.1, -0.05) is 34.6 Å².